The van der Waals surface area contributed by atoms with Gasteiger partial charge in [-0.15, -0.1) is 0 Å². The first-order valence-electron chi connectivity index (χ1n) is 9.00. The molecule has 0 bridgehead atoms. The number of likely N-dealkylation sites (tertiary alicyclic amines) is 1. The lowest BCUT2D eigenvalue weighted by atomic mass is 10.0. The minimum atomic E-state index is -0.397. The smallest absolute Gasteiger partial charge is 0.329 e. The van der Waals surface area contributed by atoms with Gasteiger partial charge in [0.05, 0.1) is 16.5 Å². The first-order chi connectivity index (χ1) is 13.1. The highest BCUT2D eigenvalue weighted by atomic mass is 16.2. The zero-order valence-electron chi connectivity index (χ0n) is 15.0. The molecular weight excluding hydrogens is 344 g/mol. The van der Waals surface area contributed by atoms with E-state index in [0.29, 0.717) is 48.1 Å². The second-order valence-electron chi connectivity index (χ2n) is 6.81. The number of carbonyl (C=O) groups excluding carboxylic acids is 1. The van der Waals surface area contributed by atoms with Crippen molar-refractivity contribution in [1.29, 1.82) is 0 Å². The number of para-hydroxylation sites is 1. The zero-order chi connectivity index (χ0) is 19.0. The highest BCUT2D eigenvalue weighted by Crippen LogP contribution is 2.22. The number of hydrogen-bond donors (Lipinski definition) is 1. The standard InChI is InChI=1S/C20H20N4O3/c1-13-15(6-4-10-21-13)18(25)23-11-8-14(9-12-23)24-19(26)16-5-2-3-7-17(16)22-20(24)27/h2-7,10,14H,8-9,11-12H2,1H3,(H,22,27). The molecule has 0 aliphatic carbocycles. The summed E-state index contributed by atoms with van der Waals surface area (Å²) in [5.74, 6) is -0.0567. The molecule has 138 valence electrons. The van der Waals surface area contributed by atoms with Crippen molar-refractivity contribution >= 4 is 16.8 Å². The van der Waals surface area contributed by atoms with E-state index < -0.39 is 5.69 Å². The molecule has 2 aromatic heterocycles. The molecule has 0 unspecified atom stereocenters. The van der Waals surface area contributed by atoms with E-state index in [-0.39, 0.29) is 17.5 Å². The number of nitrogens with zero attached hydrogens (tertiary/aromatic N) is 3. The van der Waals surface area contributed by atoms with Crippen molar-refractivity contribution in [2.24, 2.45) is 0 Å². The second-order valence-corrected chi connectivity index (χ2v) is 6.81. The summed E-state index contributed by atoms with van der Waals surface area (Å²) in [7, 11) is 0. The van der Waals surface area contributed by atoms with E-state index in [9.17, 15) is 14.4 Å². The lowest BCUT2D eigenvalue weighted by Crippen LogP contribution is -2.45. The van der Waals surface area contributed by atoms with Gasteiger partial charge in [-0.3, -0.25) is 19.1 Å². The quantitative estimate of drug-likeness (QED) is 0.752. The Balaban J connectivity index is 1.57. The van der Waals surface area contributed by atoms with Gasteiger partial charge in [-0.2, -0.15) is 0 Å². The maximum absolute atomic E-state index is 12.8. The Labute approximate surface area is 155 Å². The molecule has 1 aliphatic rings. The SMILES string of the molecule is Cc1ncccc1C(=O)N1CCC(n2c(=O)[nH]c3ccccc3c2=O)CC1. The molecule has 1 saturated heterocycles. The number of amides is 1. The van der Waals surface area contributed by atoms with Crippen LogP contribution in [0, 0.1) is 6.92 Å². The normalized spacial score (nSPS) is 15.2. The summed E-state index contributed by atoms with van der Waals surface area (Å²) in [4.78, 5) is 46.7. The Morgan fingerprint density at radius 3 is 2.59 bits per heavy atom. The van der Waals surface area contributed by atoms with Crippen LogP contribution in [0.25, 0.3) is 10.9 Å². The molecule has 3 aromatic rings. The first kappa shape index (κ1) is 17.2. The summed E-state index contributed by atoms with van der Waals surface area (Å²) in [5, 5.41) is 0.501. The molecule has 4 rings (SSSR count). The minimum absolute atomic E-state index is 0.0567. The summed E-state index contributed by atoms with van der Waals surface area (Å²) in [6, 6.07) is 10.3. The number of pyridine rings is 1. The molecule has 1 aromatic carbocycles. The Morgan fingerprint density at radius 1 is 1.11 bits per heavy atom. The first-order valence-corrected chi connectivity index (χ1v) is 9.00. The van der Waals surface area contributed by atoms with Gasteiger partial charge in [-0.05, 0) is 44.0 Å². The predicted molar refractivity (Wildman–Crippen MR) is 102 cm³/mol. The number of aryl methyl sites for hydroxylation is 1. The number of H-pyrrole nitrogens is 1. The highest BCUT2D eigenvalue weighted by molar-refractivity contribution is 5.95. The van der Waals surface area contributed by atoms with Gasteiger partial charge in [0.1, 0.15) is 0 Å². The van der Waals surface area contributed by atoms with Gasteiger partial charge < -0.3 is 9.88 Å². The molecule has 0 radical (unpaired) electrons. The third-order valence-electron chi connectivity index (χ3n) is 5.19. The summed E-state index contributed by atoms with van der Waals surface area (Å²) in [6.07, 6.45) is 2.79. The molecule has 1 amide bonds. The number of carbonyl (C=O) groups is 1. The van der Waals surface area contributed by atoms with Crippen molar-refractivity contribution in [3.8, 4) is 0 Å². The average Bonchev–Trinajstić information content (AvgIpc) is 2.68. The number of aromatic amines is 1. The molecular formula is C20H20N4O3. The Morgan fingerprint density at radius 2 is 1.85 bits per heavy atom. The van der Waals surface area contributed by atoms with E-state index in [1.807, 2.05) is 6.92 Å². The Kier molecular flexibility index (Phi) is 4.35. The third kappa shape index (κ3) is 3.05. The van der Waals surface area contributed by atoms with E-state index in [1.54, 1.807) is 47.5 Å². The number of nitrogens with one attached hydrogen (secondary N) is 1. The topological polar surface area (TPSA) is 88.1 Å². The number of piperidine rings is 1. The molecule has 0 spiro atoms. The Hall–Kier alpha value is -3.22. The van der Waals surface area contributed by atoms with Crippen LogP contribution in [0.2, 0.25) is 0 Å². The van der Waals surface area contributed by atoms with Crippen molar-refractivity contribution < 1.29 is 4.79 Å². The van der Waals surface area contributed by atoms with E-state index >= 15 is 0 Å². The van der Waals surface area contributed by atoms with Crippen molar-refractivity contribution in [3.05, 3.63) is 74.7 Å². The molecule has 7 heteroatoms. The van der Waals surface area contributed by atoms with Crippen LogP contribution in [0.5, 0.6) is 0 Å². The van der Waals surface area contributed by atoms with E-state index in [1.165, 1.54) is 4.57 Å². The van der Waals surface area contributed by atoms with Crippen molar-refractivity contribution in [2.45, 2.75) is 25.8 Å². The van der Waals surface area contributed by atoms with Gasteiger partial charge in [0, 0.05) is 31.0 Å². The molecule has 0 atom stereocenters. The van der Waals surface area contributed by atoms with Gasteiger partial charge >= 0.3 is 5.69 Å². The Bertz CT molecular complexity index is 1120. The number of benzene rings is 1. The minimum Gasteiger partial charge on any atom is -0.338 e. The van der Waals surface area contributed by atoms with E-state index in [2.05, 4.69) is 9.97 Å². The molecule has 1 fully saturated rings. The van der Waals surface area contributed by atoms with Gasteiger partial charge in [-0.1, -0.05) is 12.1 Å². The zero-order valence-corrected chi connectivity index (χ0v) is 15.0. The van der Waals surface area contributed by atoms with Crippen molar-refractivity contribution in [2.75, 3.05) is 13.1 Å². The van der Waals surface area contributed by atoms with Crippen LogP contribution in [0.15, 0.2) is 52.2 Å². The molecule has 27 heavy (non-hydrogen) atoms. The summed E-state index contributed by atoms with van der Waals surface area (Å²) < 4.78 is 1.31. The maximum Gasteiger partial charge on any atom is 0.329 e. The maximum atomic E-state index is 12.8. The lowest BCUT2D eigenvalue weighted by Gasteiger charge is -2.32. The molecule has 1 N–H and O–H groups in total. The van der Waals surface area contributed by atoms with Gasteiger partial charge in [0.25, 0.3) is 11.5 Å². The van der Waals surface area contributed by atoms with Crippen LogP contribution < -0.4 is 11.2 Å². The number of hydrogen-bond acceptors (Lipinski definition) is 4. The monoisotopic (exact) mass is 364 g/mol. The van der Waals surface area contributed by atoms with Gasteiger partial charge in [0.15, 0.2) is 0 Å². The van der Waals surface area contributed by atoms with Crippen LogP contribution in [-0.4, -0.2) is 38.4 Å². The molecule has 1 aliphatic heterocycles. The molecule has 0 saturated carbocycles. The number of aromatic nitrogens is 3. The molecule has 3 heterocycles. The van der Waals surface area contributed by atoms with Gasteiger partial charge in [0.2, 0.25) is 0 Å². The van der Waals surface area contributed by atoms with E-state index in [0.717, 1.165) is 0 Å². The summed E-state index contributed by atoms with van der Waals surface area (Å²) in [5.41, 5.74) is 1.17. The predicted octanol–water partition coefficient (Wildman–Crippen LogP) is 1.87. The highest BCUT2D eigenvalue weighted by Gasteiger charge is 2.27. The summed E-state index contributed by atoms with van der Waals surface area (Å²) in [6.45, 7) is 2.81. The summed E-state index contributed by atoms with van der Waals surface area (Å²) >= 11 is 0. The average molecular weight is 364 g/mol. The van der Waals surface area contributed by atoms with E-state index in [4.69, 9.17) is 0 Å². The third-order valence-corrected chi connectivity index (χ3v) is 5.19. The second kappa shape index (κ2) is 6.83. The van der Waals surface area contributed by atoms with Crippen molar-refractivity contribution in [1.82, 2.24) is 19.4 Å². The number of rotatable bonds is 2. The fourth-order valence-corrected chi connectivity index (χ4v) is 3.72. The van der Waals surface area contributed by atoms with Crippen molar-refractivity contribution in [3.63, 3.8) is 0 Å². The fourth-order valence-electron chi connectivity index (χ4n) is 3.72. The van der Waals surface area contributed by atoms with Gasteiger partial charge in [-0.25, -0.2) is 4.79 Å². The fraction of sp³-hybridized carbons (Fsp3) is 0.300. The van der Waals surface area contributed by atoms with Crippen LogP contribution in [0.3, 0.4) is 0 Å². The van der Waals surface area contributed by atoms with Crippen LogP contribution in [0.1, 0.15) is 34.9 Å². The number of fused-ring (bicyclic) bond motifs is 1. The van der Waals surface area contributed by atoms with Crippen LogP contribution in [-0.2, 0) is 0 Å². The molecule has 7 nitrogen and oxygen atoms in total. The van der Waals surface area contributed by atoms with Crippen LogP contribution in [0.4, 0.5) is 0 Å². The largest absolute Gasteiger partial charge is 0.338 e. The van der Waals surface area contributed by atoms with Crippen LogP contribution >= 0.6 is 0 Å². The lowest BCUT2D eigenvalue weighted by molar-refractivity contribution is 0.0691.